The number of halogens is 2. The molecule has 0 fully saturated rings. The van der Waals surface area contributed by atoms with Crippen LogP contribution in [0.15, 0.2) is 127 Å². The number of aromatic nitrogens is 2. The monoisotopic (exact) mass is 1160 g/mol. The maximum atomic E-state index is 16.1. The summed E-state index contributed by atoms with van der Waals surface area (Å²) in [7, 11) is 0. The molecule has 0 unspecified atom stereocenters. The second kappa shape index (κ2) is 22.0. The molecule has 0 spiro atoms. The molecule has 450 valence electrons. The molecule has 8 aromatic carbocycles. The van der Waals surface area contributed by atoms with Gasteiger partial charge in [-0.2, -0.15) is 0 Å². The van der Waals surface area contributed by atoms with E-state index in [1.807, 2.05) is 19.1 Å². The third-order valence-corrected chi connectivity index (χ3v) is 17.3. The second-order valence-corrected chi connectivity index (χ2v) is 30.5. The lowest BCUT2D eigenvalue weighted by Crippen LogP contribution is -2.25. The van der Waals surface area contributed by atoms with Crippen LogP contribution in [0.25, 0.3) is 77.2 Å². The molecule has 0 amide bonds. The van der Waals surface area contributed by atoms with E-state index in [9.17, 15) is 10.2 Å². The van der Waals surface area contributed by atoms with Gasteiger partial charge in [-0.15, -0.1) is 0 Å². The zero-order chi connectivity index (χ0) is 62.5. The van der Waals surface area contributed by atoms with Gasteiger partial charge in [0.1, 0.15) is 34.6 Å². The Hall–Kier alpha value is -7.58. The minimum absolute atomic E-state index is 0.0140. The number of benzene rings is 8. The van der Waals surface area contributed by atoms with Crippen molar-refractivity contribution in [2.75, 3.05) is 13.2 Å². The Morgan fingerprint density at radius 3 is 1.24 bits per heavy atom. The largest absolute Gasteiger partial charge is 0.505 e. The molecule has 6 nitrogen and oxygen atoms in total. The van der Waals surface area contributed by atoms with Crippen molar-refractivity contribution in [3.63, 3.8) is 0 Å². The van der Waals surface area contributed by atoms with E-state index in [1.54, 1.807) is 6.07 Å². The van der Waals surface area contributed by atoms with E-state index < -0.39 is 11.6 Å². The van der Waals surface area contributed by atoms with Crippen LogP contribution in [0.1, 0.15) is 169 Å². The van der Waals surface area contributed by atoms with Crippen molar-refractivity contribution in [1.29, 1.82) is 0 Å². The lowest BCUT2D eigenvalue weighted by molar-refractivity contribution is 0.247. The van der Waals surface area contributed by atoms with Crippen molar-refractivity contribution >= 4 is 43.6 Å². The van der Waals surface area contributed by atoms with Crippen molar-refractivity contribution in [1.82, 2.24) is 9.13 Å². The van der Waals surface area contributed by atoms with E-state index in [0.717, 1.165) is 78.7 Å². The van der Waals surface area contributed by atoms with Gasteiger partial charge in [0.15, 0.2) is 0 Å². The first-order valence-electron chi connectivity index (χ1n) is 30.7. The summed E-state index contributed by atoms with van der Waals surface area (Å²) in [6.45, 7) is 42.0. The summed E-state index contributed by atoms with van der Waals surface area (Å²) < 4.78 is 49.8. The van der Waals surface area contributed by atoms with Gasteiger partial charge in [-0.25, -0.2) is 8.78 Å². The van der Waals surface area contributed by atoms with E-state index in [0.29, 0.717) is 57.1 Å². The summed E-state index contributed by atoms with van der Waals surface area (Å²) in [6, 6.07) is 41.9. The van der Waals surface area contributed by atoms with Crippen molar-refractivity contribution in [3.05, 3.63) is 178 Å². The Morgan fingerprint density at radius 1 is 0.395 bits per heavy atom. The van der Waals surface area contributed by atoms with Crippen LogP contribution in [0.3, 0.4) is 0 Å². The summed E-state index contributed by atoms with van der Waals surface area (Å²) in [6.07, 6.45) is 2.08. The van der Waals surface area contributed by atoms with Gasteiger partial charge in [0, 0.05) is 50.2 Å². The molecular formula is C78H90F2N2O4. The summed E-state index contributed by atoms with van der Waals surface area (Å²) in [5, 5.41) is 30.3. The van der Waals surface area contributed by atoms with Crippen molar-refractivity contribution in [3.8, 4) is 56.6 Å². The third kappa shape index (κ3) is 12.1. The maximum Gasteiger partial charge on any atom is 0.147 e. The highest BCUT2D eigenvalue weighted by Gasteiger charge is 2.34. The average molecular weight is 1160 g/mol. The lowest BCUT2D eigenvalue weighted by Gasteiger charge is -2.34. The van der Waals surface area contributed by atoms with Gasteiger partial charge in [-0.05, 0) is 184 Å². The number of rotatable bonds is 14. The molecule has 0 aliphatic heterocycles. The molecule has 8 heteroatoms. The Balaban J connectivity index is 1.04. The number of aryl methyl sites for hydroxylation is 3. The van der Waals surface area contributed by atoms with Crippen LogP contribution in [0.5, 0.6) is 23.0 Å². The zero-order valence-corrected chi connectivity index (χ0v) is 54.5. The quantitative estimate of drug-likeness (QED) is 0.106. The standard InChI is InChI=1S/C78H90F2N2O4/c1-46-21-26-55-57-28-23-49(75(10,11)12)38-65(57)81(63(55)33-46)67-40-51(77(16,17)44-73(4,5)6)36-60(70(67)83)59-42-53(79)25-30-69(59)85-31-20-32-86-72-48(3)35-54(80)43-62(72)61-37-52(78(18,19)45-74(7,8)9)41-68(71(61)84)82-64-34-47(2)22-27-56(64)58-29-24-50(39-66(58)82)76(13,14)15/h21-30,33-43,83-84H,20,31-32,44-45H2,1-19H3. The minimum atomic E-state index is -0.460. The number of aromatic hydroxyl groups is 2. The topological polar surface area (TPSA) is 68.8 Å². The maximum absolute atomic E-state index is 16.1. The predicted molar refractivity (Wildman–Crippen MR) is 357 cm³/mol. The van der Waals surface area contributed by atoms with Crippen molar-refractivity contribution < 1.29 is 28.5 Å². The molecule has 0 radical (unpaired) electrons. The predicted octanol–water partition coefficient (Wildman–Crippen LogP) is 21.7. The molecule has 0 saturated carbocycles. The Labute approximate surface area is 509 Å². The fraction of sp³-hybridized carbons (Fsp3) is 0.385. The summed E-state index contributed by atoms with van der Waals surface area (Å²) in [5.74, 6) is -0.00938. The number of ether oxygens (including phenoxy) is 2. The number of phenolic OH excluding ortho intramolecular Hbond substituents is 2. The summed E-state index contributed by atoms with van der Waals surface area (Å²) in [5.41, 5.74) is 12.9. The molecule has 0 aliphatic carbocycles. The van der Waals surface area contributed by atoms with Crippen molar-refractivity contribution in [2.45, 2.75) is 172 Å². The van der Waals surface area contributed by atoms with Crippen LogP contribution < -0.4 is 9.47 Å². The molecule has 10 rings (SSSR count). The first-order chi connectivity index (χ1) is 40.0. The molecule has 86 heavy (non-hydrogen) atoms. The van der Waals surface area contributed by atoms with Gasteiger partial charge < -0.3 is 28.8 Å². The number of fused-ring (bicyclic) bond motifs is 6. The number of hydrogen-bond donors (Lipinski definition) is 2. The van der Waals surface area contributed by atoms with Crippen LogP contribution in [-0.4, -0.2) is 32.6 Å². The highest BCUT2D eigenvalue weighted by Crippen LogP contribution is 2.50. The first-order valence-corrected chi connectivity index (χ1v) is 30.7. The van der Waals surface area contributed by atoms with Gasteiger partial charge in [0.25, 0.3) is 0 Å². The fourth-order valence-corrected chi connectivity index (χ4v) is 13.7. The van der Waals surface area contributed by atoms with Crippen LogP contribution in [0.2, 0.25) is 0 Å². The SMILES string of the molecule is Cc1ccc2c3ccc(C(C)(C)C)cc3n(-c3cc(C(C)(C)CC(C)(C)C)cc(-c4cc(F)ccc4OCCCOc4c(C)cc(F)cc4-c4cc(C(C)(C)CC(C)(C)C)cc(-n5c6cc(C)ccc6c6ccc(C(C)(C)C)cc65)c4O)c3O)c2c1. The molecule has 0 saturated heterocycles. The lowest BCUT2D eigenvalue weighted by atomic mass is 9.71. The van der Waals surface area contributed by atoms with Gasteiger partial charge >= 0.3 is 0 Å². The minimum Gasteiger partial charge on any atom is -0.505 e. The highest BCUT2D eigenvalue weighted by atomic mass is 19.1. The Kier molecular flexibility index (Phi) is 15.7. The smallest absolute Gasteiger partial charge is 0.147 e. The van der Waals surface area contributed by atoms with Crippen LogP contribution in [-0.2, 0) is 21.7 Å². The van der Waals surface area contributed by atoms with Gasteiger partial charge in [-0.3, -0.25) is 0 Å². The van der Waals surface area contributed by atoms with Crippen LogP contribution in [0, 0.1) is 43.2 Å². The molecule has 2 aromatic heterocycles. The number of phenols is 2. The highest BCUT2D eigenvalue weighted by molar-refractivity contribution is 6.11. The van der Waals surface area contributed by atoms with E-state index >= 15 is 8.78 Å². The molecular weight excluding hydrogens is 1070 g/mol. The second-order valence-electron chi connectivity index (χ2n) is 30.5. The van der Waals surface area contributed by atoms with E-state index in [2.05, 4.69) is 219 Å². The number of nitrogens with zero attached hydrogens (tertiary/aromatic N) is 2. The summed E-state index contributed by atoms with van der Waals surface area (Å²) in [4.78, 5) is 0. The van der Waals surface area contributed by atoms with Gasteiger partial charge in [-0.1, -0.05) is 159 Å². The molecule has 2 N–H and O–H groups in total. The molecule has 0 bridgehead atoms. The zero-order valence-electron chi connectivity index (χ0n) is 54.5. The van der Waals surface area contributed by atoms with Crippen molar-refractivity contribution in [2.24, 2.45) is 10.8 Å². The summed E-state index contributed by atoms with van der Waals surface area (Å²) >= 11 is 0. The van der Waals surface area contributed by atoms with Crippen LogP contribution in [0.4, 0.5) is 8.78 Å². The van der Waals surface area contributed by atoms with E-state index in [1.165, 1.54) is 35.4 Å². The fourth-order valence-electron chi connectivity index (χ4n) is 13.7. The normalized spacial score (nSPS) is 13.0. The third-order valence-electron chi connectivity index (χ3n) is 17.3. The molecule has 2 heterocycles. The van der Waals surface area contributed by atoms with E-state index in [4.69, 9.17) is 9.47 Å². The van der Waals surface area contributed by atoms with Gasteiger partial charge in [0.05, 0.1) is 46.7 Å². The number of hydrogen-bond acceptors (Lipinski definition) is 4. The average Bonchev–Trinajstić information content (AvgIpc) is 1.57. The Bertz CT molecular complexity index is 4270. The van der Waals surface area contributed by atoms with Crippen LogP contribution >= 0.6 is 0 Å². The van der Waals surface area contributed by atoms with Gasteiger partial charge in [0.2, 0.25) is 0 Å². The molecule has 0 aliphatic rings. The molecule has 0 atom stereocenters. The Morgan fingerprint density at radius 2 is 0.802 bits per heavy atom. The molecule has 10 aromatic rings. The first kappa shape index (κ1) is 61.5. The van der Waals surface area contributed by atoms with E-state index in [-0.39, 0.29) is 57.2 Å².